The number of nitrogens with two attached hydrogens (primary N) is 1. The van der Waals surface area contributed by atoms with Gasteiger partial charge in [-0.2, -0.15) is 0 Å². The van der Waals surface area contributed by atoms with Crippen molar-refractivity contribution in [2.24, 2.45) is 5.73 Å². The summed E-state index contributed by atoms with van der Waals surface area (Å²) in [5.74, 6) is -1.38. The standard InChI is InChI=1S/C27H32FN3O8S/c1-14-19-10-20-22(39-25(23(20)26(32)30-3)16-6-8-17(28)9-7-16)11-21(19)31(40(5,34)35)12-18(38-14)13-37-27(33)24(29)15(2)36-4/h6-11,14-15,18,24H,12-13,29H2,1-5H3,(H,30,32)/t14-,15+,18-,24-/m0/s1. The Morgan fingerprint density at radius 3 is 2.52 bits per heavy atom. The van der Waals surface area contributed by atoms with Crippen molar-refractivity contribution in [2.45, 2.75) is 38.2 Å². The Morgan fingerprint density at radius 2 is 1.93 bits per heavy atom. The number of sulfonamides is 1. The lowest BCUT2D eigenvalue weighted by molar-refractivity contribution is -0.153. The number of fused-ring (bicyclic) bond motifs is 2. The number of methoxy groups -OCH3 is 1. The van der Waals surface area contributed by atoms with E-state index >= 15 is 0 Å². The van der Waals surface area contributed by atoms with Crippen LogP contribution in [0.3, 0.4) is 0 Å². The predicted octanol–water partition coefficient (Wildman–Crippen LogP) is 2.73. The number of furan rings is 1. The minimum Gasteiger partial charge on any atom is -0.462 e. The highest BCUT2D eigenvalue weighted by molar-refractivity contribution is 7.92. The second kappa shape index (κ2) is 11.5. The lowest BCUT2D eigenvalue weighted by atomic mass is 10.0. The molecule has 1 aliphatic heterocycles. The Hall–Kier alpha value is -3.52. The molecular weight excluding hydrogens is 545 g/mol. The largest absolute Gasteiger partial charge is 0.462 e. The maximum Gasteiger partial charge on any atom is 0.325 e. The van der Waals surface area contributed by atoms with E-state index in [1.165, 1.54) is 44.5 Å². The fraction of sp³-hybridized carbons (Fsp3) is 0.407. The highest BCUT2D eigenvalue weighted by Crippen LogP contribution is 2.42. The van der Waals surface area contributed by atoms with Gasteiger partial charge in [-0.1, -0.05) is 0 Å². The van der Waals surface area contributed by atoms with E-state index in [0.29, 0.717) is 22.2 Å². The first-order valence-electron chi connectivity index (χ1n) is 12.5. The molecule has 0 radical (unpaired) electrons. The minimum absolute atomic E-state index is 0.155. The van der Waals surface area contributed by atoms with E-state index < -0.39 is 52.1 Å². The molecule has 0 fully saturated rings. The monoisotopic (exact) mass is 577 g/mol. The minimum atomic E-state index is -3.84. The highest BCUT2D eigenvalue weighted by atomic mass is 32.2. The van der Waals surface area contributed by atoms with E-state index in [0.717, 1.165) is 10.6 Å². The molecule has 3 aromatic rings. The summed E-state index contributed by atoms with van der Waals surface area (Å²) < 4.78 is 63.2. The Kier molecular flexibility index (Phi) is 8.49. The zero-order valence-corrected chi connectivity index (χ0v) is 23.6. The third-order valence-corrected chi connectivity index (χ3v) is 7.98. The van der Waals surface area contributed by atoms with Crippen molar-refractivity contribution < 1.29 is 41.0 Å². The number of benzene rings is 2. The van der Waals surface area contributed by atoms with Crippen molar-refractivity contribution in [1.82, 2.24) is 5.32 Å². The van der Waals surface area contributed by atoms with Gasteiger partial charge in [0.25, 0.3) is 5.91 Å². The smallest absolute Gasteiger partial charge is 0.325 e. The fourth-order valence-corrected chi connectivity index (χ4v) is 5.50. The molecule has 0 aliphatic carbocycles. The molecule has 0 bridgehead atoms. The van der Waals surface area contributed by atoms with Gasteiger partial charge in [0.05, 0.1) is 36.3 Å². The molecule has 4 atom stereocenters. The second-order valence-electron chi connectivity index (χ2n) is 9.59. The molecule has 11 nitrogen and oxygen atoms in total. The third kappa shape index (κ3) is 5.82. The number of rotatable bonds is 8. The molecule has 1 aliphatic rings. The molecule has 1 aromatic heterocycles. The van der Waals surface area contributed by atoms with Crippen LogP contribution in [0.4, 0.5) is 10.1 Å². The van der Waals surface area contributed by atoms with Gasteiger partial charge in [0.1, 0.15) is 35.9 Å². The second-order valence-corrected chi connectivity index (χ2v) is 11.5. The first-order valence-corrected chi connectivity index (χ1v) is 14.4. The van der Waals surface area contributed by atoms with Crippen LogP contribution < -0.4 is 15.4 Å². The van der Waals surface area contributed by atoms with Crippen LogP contribution in [0.15, 0.2) is 40.8 Å². The van der Waals surface area contributed by atoms with Gasteiger partial charge < -0.3 is 29.7 Å². The number of carbonyl (C=O) groups excluding carboxylic acids is 2. The maximum atomic E-state index is 13.6. The Bertz CT molecular complexity index is 1520. The first kappa shape index (κ1) is 29.5. The summed E-state index contributed by atoms with van der Waals surface area (Å²) in [6, 6.07) is 7.65. The SMILES string of the molecule is CNC(=O)c1c(-c2ccc(F)cc2)oc2cc3c(cc12)[C@H](C)O[C@H](COC(=O)[C@@H](N)[C@@H](C)OC)CN3S(C)(=O)=O. The van der Waals surface area contributed by atoms with Crippen LogP contribution >= 0.6 is 0 Å². The number of esters is 1. The van der Waals surface area contributed by atoms with Gasteiger partial charge >= 0.3 is 5.97 Å². The van der Waals surface area contributed by atoms with Crippen LogP contribution in [0.1, 0.15) is 35.9 Å². The summed E-state index contributed by atoms with van der Waals surface area (Å²) in [6.45, 7) is 2.95. The van der Waals surface area contributed by atoms with Gasteiger partial charge in [0, 0.05) is 36.7 Å². The number of nitrogens with zero attached hydrogens (tertiary/aromatic N) is 1. The molecule has 4 rings (SSSR count). The van der Waals surface area contributed by atoms with Gasteiger partial charge in [-0.15, -0.1) is 0 Å². The van der Waals surface area contributed by atoms with Crippen molar-refractivity contribution in [3.63, 3.8) is 0 Å². The van der Waals surface area contributed by atoms with Gasteiger partial charge in [-0.25, -0.2) is 12.8 Å². The quantitative estimate of drug-likeness (QED) is 0.385. The molecule has 0 spiro atoms. The summed E-state index contributed by atoms with van der Waals surface area (Å²) in [4.78, 5) is 25.4. The molecule has 3 N–H and O–H groups in total. The van der Waals surface area contributed by atoms with E-state index in [1.54, 1.807) is 19.9 Å². The molecular formula is C27H32FN3O8S. The van der Waals surface area contributed by atoms with Crippen LogP contribution in [0.2, 0.25) is 0 Å². The molecule has 40 heavy (non-hydrogen) atoms. The molecule has 216 valence electrons. The van der Waals surface area contributed by atoms with Gasteiger partial charge in [0.2, 0.25) is 10.0 Å². The molecule has 0 saturated carbocycles. The van der Waals surface area contributed by atoms with E-state index in [9.17, 15) is 22.4 Å². The van der Waals surface area contributed by atoms with Crippen LogP contribution in [0, 0.1) is 5.82 Å². The zero-order valence-electron chi connectivity index (χ0n) is 22.8. The lowest BCUT2D eigenvalue weighted by Gasteiger charge is -2.25. The van der Waals surface area contributed by atoms with Gasteiger partial charge in [0.15, 0.2) is 0 Å². The van der Waals surface area contributed by atoms with E-state index in [-0.39, 0.29) is 30.1 Å². The number of carbonyl (C=O) groups is 2. The number of amides is 1. The lowest BCUT2D eigenvalue weighted by Crippen LogP contribution is -2.44. The van der Waals surface area contributed by atoms with Crippen molar-refractivity contribution in [2.75, 3.05) is 37.9 Å². The number of hydrogen-bond acceptors (Lipinski definition) is 9. The van der Waals surface area contributed by atoms with Gasteiger partial charge in [-0.3, -0.25) is 13.9 Å². The normalized spacial score (nSPS) is 19.0. The van der Waals surface area contributed by atoms with Crippen LogP contribution in [-0.2, 0) is 29.0 Å². The molecule has 1 amide bonds. The third-order valence-electron chi connectivity index (χ3n) is 6.83. The number of nitrogens with one attached hydrogen (secondary N) is 1. The molecule has 0 saturated heterocycles. The van der Waals surface area contributed by atoms with E-state index in [1.807, 2.05) is 0 Å². The summed E-state index contributed by atoms with van der Waals surface area (Å²) >= 11 is 0. The Morgan fingerprint density at radius 1 is 1.25 bits per heavy atom. The van der Waals surface area contributed by atoms with Crippen LogP contribution in [0.25, 0.3) is 22.3 Å². The van der Waals surface area contributed by atoms with Crippen molar-refractivity contribution >= 4 is 38.6 Å². The number of ether oxygens (including phenoxy) is 3. The fourth-order valence-electron chi connectivity index (χ4n) is 4.55. The molecule has 2 aromatic carbocycles. The highest BCUT2D eigenvalue weighted by Gasteiger charge is 2.35. The van der Waals surface area contributed by atoms with Crippen molar-refractivity contribution in [1.29, 1.82) is 0 Å². The number of halogens is 1. The molecule has 2 heterocycles. The number of anilines is 1. The van der Waals surface area contributed by atoms with Crippen molar-refractivity contribution in [3.05, 3.63) is 53.3 Å². The summed E-state index contributed by atoms with van der Waals surface area (Å²) in [7, 11) is -0.942. The van der Waals surface area contributed by atoms with E-state index in [2.05, 4.69) is 5.32 Å². The Balaban J connectivity index is 1.77. The van der Waals surface area contributed by atoms with E-state index in [4.69, 9.17) is 24.4 Å². The topological polar surface area (TPSA) is 150 Å². The van der Waals surface area contributed by atoms with Crippen molar-refractivity contribution in [3.8, 4) is 11.3 Å². The summed E-state index contributed by atoms with van der Waals surface area (Å²) in [6.07, 6.45) is -1.02. The average molecular weight is 578 g/mol. The first-order chi connectivity index (χ1) is 18.8. The average Bonchev–Trinajstić information content (AvgIpc) is 3.23. The summed E-state index contributed by atoms with van der Waals surface area (Å²) in [5.41, 5.74) is 7.57. The molecule has 0 unspecified atom stereocenters. The van der Waals surface area contributed by atoms with Gasteiger partial charge in [-0.05, 0) is 44.2 Å². The van der Waals surface area contributed by atoms with Crippen LogP contribution in [-0.4, -0.2) is 72.1 Å². The Labute approximate surface area is 231 Å². The number of hydrogen-bond donors (Lipinski definition) is 2. The predicted molar refractivity (Wildman–Crippen MR) is 146 cm³/mol. The summed E-state index contributed by atoms with van der Waals surface area (Å²) in [5, 5.41) is 3.02. The zero-order chi connectivity index (χ0) is 29.4. The molecule has 13 heteroatoms. The van der Waals surface area contributed by atoms with Crippen LogP contribution in [0.5, 0.6) is 0 Å². The maximum absolute atomic E-state index is 13.6.